The zero-order valence-electron chi connectivity index (χ0n) is 11.2. The Bertz CT molecular complexity index is 333. The summed E-state index contributed by atoms with van der Waals surface area (Å²) in [4.78, 5) is 0. The molecule has 4 heteroatoms. The molecular formula is C14H23NO2S. The first-order valence-corrected chi connectivity index (χ1v) is 7.69. The van der Waals surface area contributed by atoms with E-state index < -0.39 is 6.10 Å². The molecule has 102 valence electrons. The number of aliphatic hydroxyl groups excluding tert-OH is 1. The highest BCUT2D eigenvalue weighted by molar-refractivity contribution is 7.98. The first-order chi connectivity index (χ1) is 8.77. The molecule has 0 spiro atoms. The first-order valence-electron chi connectivity index (χ1n) is 6.29. The van der Waals surface area contributed by atoms with Crippen molar-refractivity contribution in [3.8, 4) is 5.75 Å². The highest BCUT2D eigenvalue weighted by Gasteiger charge is 2.07. The molecule has 0 saturated heterocycles. The number of ether oxygens (including phenoxy) is 1. The van der Waals surface area contributed by atoms with Crippen LogP contribution in [0.25, 0.3) is 0 Å². The van der Waals surface area contributed by atoms with E-state index in [-0.39, 0.29) is 0 Å². The van der Waals surface area contributed by atoms with Crippen molar-refractivity contribution in [2.45, 2.75) is 18.9 Å². The number of hydrogen-bond donors (Lipinski definition) is 2. The van der Waals surface area contributed by atoms with E-state index in [2.05, 4.69) is 11.6 Å². The summed E-state index contributed by atoms with van der Waals surface area (Å²) >= 11 is 1.88. The molecule has 0 bridgehead atoms. The third-order valence-corrected chi connectivity index (χ3v) is 3.47. The van der Waals surface area contributed by atoms with Gasteiger partial charge < -0.3 is 15.2 Å². The second-order valence-electron chi connectivity index (χ2n) is 4.20. The molecule has 1 atom stereocenters. The average molecular weight is 269 g/mol. The molecule has 0 aliphatic rings. The molecule has 0 saturated carbocycles. The summed E-state index contributed by atoms with van der Waals surface area (Å²) in [5.74, 6) is 1.99. The third kappa shape index (κ3) is 5.76. The summed E-state index contributed by atoms with van der Waals surface area (Å²) < 4.78 is 5.14. The lowest BCUT2D eigenvalue weighted by Crippen LogP contribution is -2.22. The predicted molar refractivity (Wildman–Crippen MR) is 78.4 cm³/mol. The molecule has 1 aromatic carbocycles. The van der Waals surface area contributed by atoms with Crippen LogP contribution >= 0.6 is 11.8 Å². The van der Waals surface area contributed by atoms with Gasteiger partial charge in [0.1, 0.15) is 5.75 Å². The average Bonchev–Trinajstić information content (AvgIpc) is 2.42. The molecule has 0 aliphatic carbocycles. The van der Waals surface area contributed by atoms with Gasteiger partial charge in [-0.25, -0.2) is 0 Å². The highest BCUT2D eigenvalue weighted by atomic mass is 32.2. The Morgan fingerprint density at radius 2 is 2.22 bits per heavy atom. The van der Waals surface area contributed by atoms with E-state index >= 15 is 0 Å². The second-order valence-corrected chi connectivity index (χ2v) is 5.18. The van der Waals surface area contributed by atoms with Crippen molar-refractivity contribution in [2.24, 2.45) is 0 Å². The van der Waals surface area contributed by atoms with Crippen molar-refractivity contribution in [2.75, 3.05) is 32.2 Å². The fourth-order valence-electron chi connectivity index (χ4n) is 1.70. The molecule has 0 heterocycles. The van der Waals surface area contributed by atoms with E-state index in [0.717, 1.165) is 24.3 Å². The number of thioether (sulfide) groups is 1. The number of rotatable bonds is 9. The van der Waals surface area contributed by atoms with Crippen LogP contribution in [0.15, 0.2) is 24.3 Å². The van der Waals surface area contributed by atoms with Gasteiger partial charge in [0.2, 0.25) is 0 Å². The van der Waals surface area contributed by atoms with Crippen molar-refractivity contribution < 1.29 is 9.84 Å². The van der Waals surface area contributed by atoms with E-state index in [4.69, 9.17) is 4.74 Å². The Labute approximate surface area is 114 Å². The maximum Gasteiger partial charge on any atom is 0.119 e. The van der Waals surface area contributed by atoms with Crippen LogP contribution in [-0.4, -0.2) is 37.3 Å². The Hall–Kier alpha value is -0.710. The van der Waals surface area contributed by atoms with Crippen molar-refractivity contribution >= 4 is 11.8 Å². The van der Waals surface area contributed by atoms with Gasteiger partial charge in [-0.15, -0.1) is 0 Å². The van der Waals surface area contributed by atoms with E-state index in [0.29, 0.717) is 6.54 Å². The summed E-state index contributed by atoms with van der Waals surface area (Å²) in [6.45, 7) is 1.55. The van der Waals surface area contributed by atoms with Gasteiger partial charge in [-0.2, -0.15) is 11.8 Å². The molecule has 3 nitrogen and oxygen atoms in total. The Morgan fingerprint density at radius 3 is 2.94 bits per heavy atom. The lowest BCUT2D eigenvalue weighted by Gasteiger charge is -2.13. The molecule has 1 rings (SSSR count). The third-order valence-electron chi connectivity index (χ3n) is 2.77. The number of hydrogen-bond acceptors (Lipinski definition) is 4. The summed E-state index contributed by atoms with van der Waals surface area (Å²) in [7, 11) is 1.63. The largest absolute Gasteiger partial charge is 0.497 e. The number of nitrogens with one attached hydrogen (secondary N) is 1. The zero-order valence-corrected chi connectivity index (χ0v) is 12.0. The fourth-order valence-corrected chi connectivity index (χ4v) is 2.19. The van der Waals surface area contributed by atoms with Crippen molar-refractivity contribution in [3.63, 3.8) is 0 Å². The van der Waals surface area contributed by atoms with Gasteiger partial charge in [-0.3, -0.25) is 0 Å². The maximum atomic E-state index is 10.0. The summed E-state index contributed by atoms with van der Waals surface area (Å²) in [6, 6.07) is 7.57. The molecular weight excluding hydrogens is 246 g/mol. The minimum atomic E-state index is -0.472. The van der Waals surface area contributed by atoms with Gasteiger partial charge in [0, 0.05) is 6.54 Å². The monoisotopic (exact) mass is 269 g/mol. The quantitative estimate of drug-likeness (QED) is 0.676. The summed E-state index contributed by atoms with van der Waals surface area (Å²) in [6.07, 6.45) is 4.04. The van der Waals surface area contributed by atoms with Gasteiger partial charge in [-0.1, -0.05) is 12.1 Å². The predicted octanol–water partition coefficient (Wildman–Crippen LogP) is 2.46. The van der Waals surface area contributed by atoms with Crippen LogP contribution in [0.4, 0.5) is 0 Å². The van der Waals surface area contributed by atoms with Gasteiger partial charge >= 0.3 is 0 Å². The molecule has 1 unspecified atom stereocenters. The van der Waals surface area contributed by atoms with Gasteiger partial charge in [0.25, 0.3) is 0 Å². The topological polar surface area (TPSA) is 41.5 Å². The number of methoxy groups -OCH3 is 1. The minimum absolute atomic E-state index is 0.472. The Balaban J connectivity index is 2.25. The SMILES string of the molecule is COc1cccc(C(O)CNCCCCSC)c1. The van der Waals surface area contributed by atoms with Gasteiger partial charge in [0.05, 0.1) is 13.2 Å². The molecule has 0 amide bonds. The van der Waals surface area contributed by atoms with Crippen molar-refractivity contribution in [1.82, 2.24) is 5.32 Å². The number of aliphatic hydroxyl groups is 1. The highest BCUT2D eigenvalue weighted by Crippen LogP contribution is 2.18. The normalized spacial score (nSPS) is 12.4. The lowest BCUT2D eigenvalue weighted by atomic mass is 10.1. The lowest BCUT2D eigenvalue weighted by molar-refractivity contribution is 0.174. The van der Waals surface area contributed by atoms with Crippen molar-refractivity contribution in [1.29, 1.82) is 0 Å². The Morgan fingerprint density at radius 1 is 1.39 bits per heavy atom. The second kappa shape index (κ2) is 9.25. The Kier molecular flexibility index (Phi) is 7.89. The first kappa shape index (κ1) is 15.3. The zero-order chi connectivity index (χ0) is 13.2. The summed E-state index contributed by atoms with van der Waals surface area (Å²) in [5, 5.41) is 13.3. The molecule has 1 aromatic rings. The van der Waals surface area contributed by atoms with E-state index in [1.807, 2.05) is 36.0 Å². The smallest absolute Gasteiger partial charge is 0.119 e. The number of unbranched alkanes of at least 4 members (excludes halogenated alkanes) is 1. The van der Waals surface area contributed by atoms with Crippen LogP contribution < -0.4 is 10.1 Å². The molecule has 0 aliphatic heterocycles. The standard InChI is InChI=1S/C14H23NO2S/c1-17-13-7-5-6-12(10-13)14(16)11-15-8-3-4-9-18-2/h5-7,10,14-16H,3-4,8-9,11H2,1-2H3. The van der Waals surface area contributed by atoms with Gasteiger partial charge in [-0.05, 0) is 49.1 Å². The van der Waals surface area contributed by atoms with Crippen LogP contribution in [0.1, 0.15) is 24.5 Å². The van der Waals surface area contributed by atoms with E-state index in [1.165, 1.54) is 12.2 Å². The number of benzene rings is 1. The van der Waals surface area contributed by atoms with Crippen LogP contribution in [0.5, 0.6) is 5.75 Å². The minimum Gasteiger partial charge on any atom is -0.497 e. The van der Waals surface area contributed by atoms with Crippen molar-refractivity contribution in [3.05, 3.63) is 29.8 Å². The van der Waals surface area contributed by atoms with Crippen LogP contribution in [0, 0.1) is 0 Å². The molecule has 0 aromatic heterocycles. The molecule has 0 radical (unpaired) electrons. The van der Waals surface area contributed by atoms with Crippen LogP contribution in [0.2, 0.25) is 0 Å². The van der Waals surface area contributed by atoms with Crippen LogP contribution in [0.3, 0.4) is 0 Å². The maximum absolute atomic E-state index is 10.0. The molecule has 0 fully saturated rings. The fraction of sp³-hybridized carbons (Fsp3) is 0.571. The van der Waals surface area contributed by atoms with Gasteiger partial charge in [0.15, 0.2) is 0 Å². The van der Waals surface area contributed by atoms with E-state index in [9.17, 15) is 5.11 Å². The van der Waals surface area contributed by atoms with Crippen LogP contribution in [-0.2, 0) is 0 Å². The molecule has 18 heavy (non-hydrogen) atoms. The van der Waals surface area contributed by atoms with E-state index in [1.54, 1.807) is 7.11 Å². The molecule has 2 N–H and O–H groups in total. The summed E-state index contributed by atoms with van der Waals surface area (Å²) in [5.41, 5.74) is 0.894.